The maximum Gasteiger partial charge on any atom is 0.311 e. The maximum atomic E-state index is 12.2. The molecule has 7 nitrogen and oxygen atoms in total. The number of hydrogen-bond donors (Lipinski definition) is 1. The first-order valence-corrected chi connectivity index (χ1v) is 9.20. The van der Waals surface area contributed by atoms with E-state index in [9.17, 15) is 9.90 Å². The molecule has 0 saturated carbocycles. The van der Waals surface area contributed by atoms with Crippen LogP contribution in [0.1, 0.15) is 18.7 Å². The summed E-state index contributed by atoms with van der Waals surface area (Å²) in [6.07, 6.45) is 5.51. The normalized spacial score (nSPS) is 28.2. The molecule has 3 heterocycles. The van der Waals surface area contributed by atoms with Gasteiger partial charge >= 0.3 is 5.97 Å². The Labute approximate surface area is 150 Å². The van der Waals surface area contributed by atoms with Gasteiger partial charge in [0.15, 0.2) is 0 Å². The van der Waals surface area contributed by atoms with Crippen molar-refractivity contribution >= 4 is 5.97 Å². The van der Waals surface area contributed by atoms with Crippen molar-refractivity contribution in [3.8, 4) is 0 Å². The first-order valence-electron chi connectivity index (χ1n) is 9.20. The van der Waals surface area contributed by atoms with Gasteiger partial charge in [0.05, 0.1) is 12.0 Å². The lowest BCUT2D eigenvalue weighted by atomic mass is 9.75. The summed E-state index contributed by atoms with van der Waals surface area (Å²) in [5.74, 6) is 0.629. The van der Waals surface area contributed by atoms with Gasteiger partial charge in [-0.25, -0.2) is 4.98 Å². The van der Waals surface area contributed by atoms with Gasteiger partial charge in [-0.3, -0.25) is 9.69 Å². The third-order valence-corrected chi connectivity index (χ3v) is 5.92. The number of carboxylic acids is 1. The average molecular weight is 349 g/mol. The number of nitrogens with zero attached hydrogens (tertiary/aromatic N) is 5. The molecule has 3 rings (SSSR count). The fourth-order valence-electron chi connectivity index (χ4n) is 4.37. The van der Waals surface area contributed by atoms with Crippen LogP contribution in [-0.4, -0.2) is 88.7 Å². The number of aryl methyl sites for hydroxylation is 1. The third-order valence-electron chi connectivity index (χ3n) is 5.92. The topological polar surface area (TPSA) is 64.8 Å². The second kappa shape index (κ2) is 7.43. The molecule has 2 aliphatic rings. The lowest BCUT2D eigenvalue weighted by Gasteiger charge is -2.29. The maximum absolute atomic E-state index is 12.2. The zero-order chi connectivity index (χ0) is 18.0. The van der Waals surface area contributed by atoms with E-state index in [2.05, 4.69) is 33.8 Å². The second-order valence-electron chi connectivity index (χ2n) is 7.99. The van der Waals surface area contributed by atoms with Crippen LogP contribution in [0.25, 0.3) is 0 Å². The zero-order valence-corrected chi connectivity index (χ0v) is 15.7. The summed E-state index contributed by atoms with van der Waals surface area (Å²) in [4.78, 5) is 23.5. The highest BCUT2D eigenvalue weighted by atomic mass is 16.4. The predicted molar refractivity (Wildman–Crippen MR) is 96.3 cm³/mol. The van der Waals surface area contributed by atoms with E-state index in [1.54, 1.807) is 0 Å². The summed E-state index contributed by atoms with van der Waals surface area (Å²) < 4.78 is 2.05. The van der Waals surface area contributed by atoms with Crippen molar-refractivity contribution in [3.63, 3.8) is 0 Å². The molecular formula is C18H31N5O2. The van der Waals surface area contributed by atoms with E-state index >= 15 is 0 Å². The van der Waals surface area contributed by atoms with Crippen LogP contribution >= 0.6 is 0 Å². The monoisotopic (exact) mass is 349 g/mol. The molecule has 0 bridgehead atoms. The lowest BCUT2D eigenvalue weighted by Crippen LogP contribution is -2.41. The molecule has 2 atom stereocenters. The number of hydrogen-bond acceptors (Lipinski definition) is 5. The number of aromatic nitrogens is 2. The van der Waals surface area contributed by atoms with Gasteiger partial charge in [-0.05, 0) is 33.5 Å². The van der Waals surface area contributed by atoms with Crippen LogP contribution in [0.15, 0.2) is 12.4 Å². The van der Waals surface area contributed by atoms with Crippen LogP contribution in [0.2, 0.25) is 0 Å². The molecule has 7 heteroatoms. The van der Waals surface area contributed by atoms with Gasteiger partial charge < -0.3 is 19.5 Å². The minimum atomic E-state index is -0.608. The van der Waals surface area contributed by atoms with Gasteiger partial charge in [-0.15, -0.1) is 0 Å². The second-order valence-corrected chi connectivity index (χ2v) is 7.99. The third kappa shape index (κ3) is 3.88. The number of carboxylic acid groups (broad SMARTS) is 1. The minimum Gasteiger partial charge on any atom is -0.481 e. The number of likely N-dealkylation sites (N-methyl/N-ethyl adjacent to an activating group) is 1. The number of imidazole rings is 1. The smallest absolute Gasteiger partial charge is 0.311 e. The summed E-state index contributed by atoms with van der Waals surface area (Å²) in [6.45, 7) is 6.09. The Kier molecular flexibility index (Phi) is 5.46. The highest BCUT2D eigenvalue weighted by Gasteiger charge is 2.53. The summed E-state index contributed by atoms with van der Waals surface area (Å²) in [5.41, 5.74) is -0.581. The summed E-state index contributed by atoms with van der Waals surface area (Å²) in [6, 6.07) is 0. The van der Waals surface area contributed by atoms with Crippen molar-refractivity contribution in [1.29, 1.82) is 0 Å². The molecule has 0 spiro atoms. The Morgan fingerprint density at radius 1 is 1.40 bits per heavy atom. The van der Waals surface area contributed by atoms with E-state index < -0.39 is 11.4 Å². The first kappa shape index (κ1) is 18.4. The fourth-order valence-corrected chi connectivity index (χ4v) is 4.37. The Morgan fingerprint density at radius 3 is 2.80 bits per heavy atom. The van der Waals surface area contributed by atoms with Gasteiger partial charge in [-0.2, -0.15) is 0 Å². The number of likely N-dealkylation sites (tertiary alicyclic amines) is 2. The summed E-state index contributed by atoms with van der Waals surface area (Å²) in [7, 11) is 6.14. The van der Waals surface area contributed by atoms with Crippen molar-refractivity contribution in [2.24, 2.45) is 18.4 Å². The molecule has 0 radical (unpaired) electrons. The highest BCUT2D eigenvalue weighted by Crippen LogP contribution is 2.43. The SMILES string of the molecule is CN(C)CCN1C[C@@H]2CN(Cc3nccn3C)CCC[C@]2(C(=O)O)C1. The Bertz CT molecular complexity index is 602. The van der Waals surface area contributed by atoms with Crippen LogP contribution < -0.4 is 0 Å². The molecule has 2 saturated heterocycles. The molecular weight excluding hydrogens is 318 g/mol. The Hall–Kier alpha value is -1.44. The van der Waals surface area contributed by atoms with Gasteiger partial charge in [-0.1, -0.05) is 0 Å². The quantitative estimate of drug-likeness (QED) is 0.811. The van der Waals surface area contributed by atoms with Crippen molar-refractivity contribution in [2.45, 2.75) is 19.4 Å². The van der Waals surface area contributed by atoms with E-state index in [0.717, 1.165) is 57.9 Å². The molecule has 1 N–H and O–H groups in total. The van der Waals surface area contributed by atoms with Crippen molar-refractivity contribution < 1.29 is 9.90 Å². The van der Waals surface area contributed by atoms with E-state index in [4.69, 9.17) is 0 Å². The first-order chi connectivity index (χ1) is 11.9. The number of rotatable bonds is 6. The molecule has 0 unspecified atom stereocenters. The standard InChI is InChI=1S/C18H31N5O2/c1-20(2)9-10-23-12-15-11-22(13-16-19-6-8-21(16)3)7-4-5-18(15,14-23)17(24)25/h6,8,15H,4-5,7,9-14H2,1-3H3,(H,24,25)/t15-,18-/m0/s1. The van der Waals surface area contributed by atoms with Gasteiger partial charge in [0.1, 0.15) is 5.82 Å². The van der Waals surface area contributed by atoms with Crippen LogP contribution in [0.3, 0.4) is 0 Å². The van der Waals surface area contributed by atoms with Crippen molar-refractivity contribution in [1.82, 2.24) is 24.3 Å². The van der Waals surface area contributed by atoms with Crippen LogP contribution in [0.4, 0.5) is 0 Å². The fraction of sp³-hybridized carbons (Fsp3) is 0.778. The largest absolute Gasteiger partial charge is 0.481 e. The molecule has 2 fully saturated rings. The summed E-state index contributed by atoms with van der Waals surface area (Å²) in [5, 5.41) is 10.0. The van der Waals surface area contributed by atoms with Gasteiger partial charge in [0, 0.05) is 58.1 Å². The molecule has 0 amide bonds. The Morgan fingerprint density at radius 2 is 2.16 bits per heavy atom. The number of carbonyl (C=O) groups is 1. The van der Waals surface area contributed by atoms with E-state index in [1.165, 1.54) is 0 Å². The van der Waals surface area contributed by atoms with Gasteiger partial charge in [0.25, 0.3) is 0 Å². The van der Waals surface area contributed by atoms with Crippen molar-refractivity contribution in [2.75, 3.05) is 53.4 Å². The van der Waals surface area contributed by atoms with E-state index in [-0.39, 0.29) is 5.92 Å². The molecule has 1 aromatic rings. The molecule has 0 aromatic carbocycles. The minimum absolute atomic E-state index is 0.190. The van der Waals surface area contributed by atoms with Crippen molar-refractivity contribution in [3.05, 3.63) is 18.2 Å². The van der Waals surface area contributed by atoms with Crippen LogP contribution in [0, 0.1) is 11.3 Å². The van der Waals surface area contributed by atoms with Crippen LogP contribution in [0.5, 0.6) is 0 Å². The predicted octanol–water partition coefficient (Wildman–Crippen LogP) is 0.580. The molecule has 1 aromatic heterocycles. The van der Waals surface area contributed by atoms with E-state index in [1.807, 2.05) is 24.0 Å². The van der Waals surface area contributed by atoms with Gasteiger partial charge in [0.2, 0.25) is 0 Å². The number of fused-ring (bicyclic) bond motifs is 1. The number of aliphatic carboxylic acids is 1. The molecule has 2 aliphatic heterocycles. The average Bonchev–Trinajstić information content (AvgIpc) is 3.05. The Balaban J connectivity index is 1.71. The van der Waals surface area contributed by atoms with E-state index in [0.29, 0.717) is 6.54 Å². The molecule has 140 valence electrons. The lowest BCUT2D eigenvalue weighted by molar-refractivity contribution is -0.151. The summed E-state index contributed by atoms with van der Waals surface area (Å²) >= 11 is 0. The van der Waals surface area contributed by atoms with Crippen LogP contribution in [-0.2, 0) is 18.4 Å². The molecule has 0 aliphatic carbocycles. The zero-order valence-electron chi connectivity index (χ0n) is 15.7. The molecule has 25 heavy (non-hydrogen) atoms. The highest BCUT2D eigenvalue weighted by molar-refractivity contribution is 5.76.